The molecule has 0 N–H and O–H groups in total. The van der Waals surface area contributed by atoms with Crippen LogP contribution in [0.3, 0.4) is 0 Å². The zero-order valence-corrected chi connectivity index (χ0v) is 26.6. The second-order valence-electron chi connectivity index (χ2n) is 11.4. The van der Waals surface area contributed by atoms with Crippen LogP contribution in [0.25, 0.3) is 27.8 Å². The predicted molar refractivity (Wildman–Crippen MR) is 185 cm³/mol. The molecule has 6 aromatic carbocycles. The average Bonchev–Trinajstić information content (AvgIpc) is 3.49. The molecule has 0 amide bonds. The molecular weight excluding hydrogens is 589 g/mol. The van der Waals surface area contributed by atoms with Crippen molar-refractivity contribution in [3.63, 3.8) is 0 Å². The van der Waals surface area contributed by atoms with E-state index in [1.807, 2.05) is 22.8 Å². The van der Waals surface area contributed by atoms with Crippen LogP contribution in [0.2, 0.25) is 0 Å². The lowest BCUT2D eigenvalue weighted by Crippen LogP contribution is -2.74. The smallest absolute Gasteiger partial charge is 0.210 e. The van der Waals surface area contributed by atoms with E-state index in [-0.39, 0.29) is 0 Å². The van der Waals surface area contributed by atoms with Crippen LogP contribution in [0.5, 0.6) is 0 Å². The molecule has 6 heteroatoms. The van der Waals surface area contributed by atoms with Gasteiger partial charge in [-0.15, -0.1) is 0 Å². The highest BCUT2D eigenvalue weighted by Gasteiger charge is 2.41. The molecule has 0 fully saturated rings. The summed E-state index contributed by atoms with van der Waals surface area (Å²) in [5, 5.41) is 5.23. The normalized spacial score (nSPS) is 13.4. The van der Waals surface area contributed by atoms with Gasteiger partial charge >= 0.3 is 0 Å². The summed E-state index contributed by atoms with van der Waals surface area (Å²) in [7, 11) is -6.33. The summed E-state index contributed by atoms with van der Waals surface area (Å²) in [6.07, 6.45) is 0.681. The topological polar surface area (TPSA) is 52.0 Å². The first-order chi connectivity index (χ1) is 22.0. The van der Waals surface area contributed by atoms with Crippen molar-refractivity contribution in [3.05, 3.63) is 157 Å². The van der Waals surface area contributed by atoms with Gasteiger partial charge < -0.3 is 0 Å². The Morgan fingerprint density at radius 2 is 1.09 bits per heavy atom. The largest absolute Gasteiger partial charge is 0.294 e. The molecule has 45 heavy (non-hydrogen) atoms. The molecular formula is C39H30N2O2SSi. The van der Waals surface area contributed by atoms with E-state index < -0.39 is 17.9 Å². The monoisotopic (exact) mass is 618 g/mol. The average molecular weight is 619 g/mol. The van der Waals surface area contributed by atoms with Crippen LogP contribution in [-0.2, 0) is 16.3 Å². The van der Waals surface area contributed by atoms with Gasteiger partial charge in [0.2, 0.25) is 9.84 Å². The number of para-hydroxylation sites is 1. The molecule has 2 heterocycles. The Labute approximate surface area is 264 Å². The number of aromatic nitrogens is 2. The number of benzene rings is 6. The van der Waals surface area contributed by atoms with Crippen molar-refractivity contribution in [2.24, 2.45) is 0 Å². The van der Waals surface area contributed by atoms with Crippen molar-refractivity contribution < 1.29 is 8.42 Å². The molecule has 8 rings (SSSR count). The van der Waals surface area contributed by atoms with E-state index >= 15 is 0 Å². The van der Waals surface area contributed by atoms with Gasteiger partial charge in [0.05, 0.1) is 26.5 Å². The van der Waals surface area contributed by atoms with Crippen molar-refractivity contribution in [3.8, 4) is 16.8 Å². The van der Waals surface area contributed by atoms with E-state index in [4.69, 9.17) is 4.98 Å². The van der Waals surface area contributed by atoms with E-state index in [0.717, 1.165) is 17.0 Å². The molecule has 218 valence electrons. The molecule has 0 saturated heterocycles. The van der Waals surface area contributed by atoms with E-state index in [1.165, 1.54) is 20.7 Å². The van der Waals surface area contributed by atoms with E-state index in [2.05, 4.69) is 122 Å². The predicted octanol–water partition coefficient (Wildman–Crippen LogP) is 5.78. The number of hydrogen-bond acceptors (Lipinski definition) is 3. The SMILES string of the molecule is CCc1nc2c(-c3ccc([Si](c4ccccc4)(c4ccccc4)c4ccccc4)cc3)ccc3c2n1-c1ccccc1S3(=O)=O. The van der Waals surface area contributed by atoms with Gasteiger partial charge in [0.1, 0.15) is 5.82 Å². The van der Waals surface area contributed by atoms with E-state index in [0.29, 0.717) is 32.9 Å². The van der Waals surface area contributed by atoms with Crippen LogP contribution >= 0.6 is 0 Å². The Morgan fingerprint density at radius 1 is 0.578 bits per heavy atom. The van der Waals surface area contributed by atoms with E-state index in [9.17, 15) is 8.42 Å². The summed E-state index contributed by atoms with van der Waals surface area (Å²) in [4.78, 5) is 5.70. The maximum atomic E-state index is 13.8. The number of aryl methyl sites for hydroxylation is 1. The Kier molecular flexibility index (Phi) is 6.44. The van der Waals surface area contributed by atoms with Gasteiger partial charge in [-0.3, -0.25) is 4.57 Å². The number of hydrogen-bond donors (Lipinski definition) is 0. The van der Waals surface area contributed by atoms with Gasteiger partial charge in [0.15, 0.2) is 8.07 Å². The molecule has 7 aromatic rings. The number of nitrogens with zero attached hydrogens (tertiary/aromatic N) is 2. The number of imidazole rings is 1. The summed E-state index contributed by atoms with van der Waals surface area (Å²) in [6.45, 7) is 2.06. The minimum absolute atomic E-state index is 0.312. The third kappa shape index (κ3) is 4.03. The molecule has 0 radical (unpaired) electrons. The Hall–Kier alpha value is -5.04. The van der Waals surface area contributed by atoms with Crippen molar-refractivity contribution >= 4 is 49.7 Å². The quantitative estimate of drug-likeness (QED) is 0.176. The molecule has 0 aliphatic carbocycles. The van der Waals surface area contributed by atoms with Crippen LogP contribution in [0.1, 0.15) is 12.7 Å². The number of fused-ring (bicyclic) bond motifs is 2. The van der Waals surface area contributed by atoms with Crippen molar-refractivity contribution in [1.29, 1.82) is 0 Å². The Morgan fingerprint density at radius 3 is 1.64 bits per heavy atom. The highest BCUT2D eigenvalue weighted by atomic mass is 32.2. The first-order valence-electron chi connectivity index (χ1n) is 15.2. The number of sulfone groups is 1. The van der Waals surface area contributed by atoms with Gasteiger partial charge in [0, 0.05) is 12.0 Å². The molecule has 1 aliphatic rings. The molecule has 0 unspecified atom stereocenters. The maximum Gasteiger partial charge on any atom is 0.210 e. The summed E-state index contributed by atoms with van der Waals surface area (Å²) in [6, 6.07) is 52.4. The number of rotatable bonds is 6. The minimum Gasteiger partial charge on any atom is -0.294 e. The van der Waals surface area contributed by atoms with Crippen molar-refractivity contribution in [2.45, 2.75) is 23.1 Å². The third-order valence-electron chi connectivity index (χ3n) is 9.09. The van der Waals surface area contributed by atoms with Gasteiger partial charge in [-0.25, -0.2) is 13.4 Å². The maximum absolute atomic E-state index is 13.8. The molecule has 1 aromatic heterocycles. The molecule has 4 nitrogen and oxygen atoms in total. The van der Waals surface area contributed by atoms with Crippen LogP contribution < -0.4 is 20.7 Å². The third-order valence-corrected chi connectivity index (χ3v) is 15.7. The van der Waals surface area contributed by atoms with Gasteiger partial charge in [-0.2, -0.15) is 0 Å². The summed E-state index contributed by atoms with van der Waals surface area (Å²) >= 11 is 0. The van der Waals surface area contributed by atoms with Crippen molar-refractivity contribution in [1.82, 2.24) is 9.55 Å². The fraction of sp³-hybridized carbons (Fsp3) is 0.0513. The van der Waals surface area contributed by atoms with Crippen LogP contribution in [0.4, 0.5) is 0 Å². The standard InChI is InChI=1S/C39H30N2O2SSi/c1-2-37-40-38-33(26-27-36-39(38)41(37)34-20-12-13-21-35(34)44(36,42)43)28-22-24-32(25-23-28)45(29-14-6-3-7-15-29,30-16-8-4-9-17-30)31-18-10-5-11-19-31/h3-27H,2H2,1H3. The second kappa shape index (κ2) is 10.5. The van der Waals surface area contributed by atoms with Crippen LogP contribution in [0, 0.1) is 0 Å². The lowest BCUT2D eigenvalue weighted by Gasteiger charge is -2.34. The lowest BCUT2D eigenvalue weighted by molar-refractivity contribution is 0.594. The molecule has 1 aliphatic heterocycles. The summed E-state index contributed by atoms with van der Waals surface area (Å²) < 4.78 is 29.5. The lowest BCUT2D eigenvalue weighted by atomic mass is 10.0. The fourth-order valence-electron chi connectivity index (χ4n) is 7.10. The second-order valence-corrected chi connectivity index (χ2v) is 17.1. The van der Waals surface area contributed by atoms with Gasteiger partial charge in [-0.05, 0) is 44.5 Å². The fourth-order valence-corrected chi connectivity index (χ4v) is 13.5. The summed E-state index contributed by atoms with van der Waals surface area (Å²) in [5.74, 6) is 0.848. The summed E-state index contributed by atoms with van der Waals surface area (Å²) in [5.41, 5.74) is 3.98. The van der Waals surface area contributed by atoms with Crippen LogP contribution in [0.15, 0.2) is 161 Å². The Balaban J connectivity index is 1.36. The van der Waals surface area contributed by atoms with Crippen molar-refractivity contribution in [2.75, 3.05) is 0 Å². The van der Waals surface area contributed by atoms with Gasteiger partial charge in [0.25, 0.3) is 0 Å². The van der Waals surface area contributed by atoms with E-state index in [1.54, 1.807) is 18.2 Å². The first-order valence-corrected chi connectivity index (χ1v) is 18.7. The highest BCUT2D eigenvalue weighted by Crippen LogP contribution is 2.42. The first kappa shape index (κ1) is 27.5. The molecule has 0 atom stereocenters. The zero-order chi connectivity index (χ0) is 30.6. The Bertz CT molecular complexity index is 2200. The zero-order valence-electron chi connectivity index (χ0n) is 24.8. The highest BCUT2D eigenvalue weighted by molar-refractivity contribution is 7.92. The molecule has 0 saturated carbocycles. The molecule has 0 bridgehead atoms. The minimum atomic E-state index is -3.67. The van der Waals surface area contributed by atoms with Gasteiger partial charge in [-0.1, -0.05) is 140 Å². The van der Waals surface area contributed by atoms with Crippen LogP contribution in [-0.4, -0.2) is 26.0 Å². The molecule has 0 spiro atoms.